The summed E-state index contributed by atoms with van der Waals surface area (Å²) in [5, 5.41) is 12.9. The van der Waals surface area contributed by atoms with Crippen LogP contribution in [0.3, 0.4) is 0 Å². The van der Waals surface area contributed by atoms with E-state index in [1.807, 2.05) is 85.0 Å². The molecule has 2 aromatic heterocycles. The van der Waals surface area contributed by atoms with Gasteiger partial charge in [0.2, 0.25) is 11.7 Å². The fraction of sp³-hybridized carbons (Fsp3) is 0.214. The van der Waals surface area contributed by atoms with Gasteiger partial charge in [0.05, 0.1) is 22.3 Å². The number of amides is 1. The van der Waals surface area contributed by atoms with Gasteiger partial charge in [-0.1, -0.05) is 62.0 Å². The molecule has 1 N–H and O–H groups in total. The SMILES string of the molecule is Cc1ccc(NC(=O)CSc2nnc3n(-c4ccccc4C(C)C)c(=O)c4ccccc4n23)cc1C. The van der Waals surface area contributed by atoms with Crippen LogP contribution in [0.25, 0.3) is 22.4 Å². The fourth-order valence-corrected chi connectivity index (χ4v) is 5.06. The number of fused-ring (bicyclic) bond motifs is 3. The van der Waals surface area contributed by atoms with Crippen molar-refractivity contribution >= 4 is 40.0 Å². The Bertz CT molecular complexity index is 1670. The van der Waals surface area contributed by atoms with Gasteiger partial charge in [0.25, 0.3) is 5.56 Å². The summed E-state index contributed by atoms with van der Waals surface area (Å²) in [5.41, 5.74) is 5.44. The lowest BCUT2D eigenvalue weighted by Crippen LogP contribution is -2.23. The first-order chi connectivity index (χ1) is 17.3. The zero-order chi connectivity index (χ0) is 25.4. The van der Waals surface area contributed by atoms with Crippen LogP contribution < -0.4 is 10.9 Å². The van der Waals surface area contributed by atoms with Crippen LogP contribution in [0.2, 0.25) is 0 Å². The van der Waals surface area contributed by atoms with Crippen LogP contribution in [0.5, 0.6) is 0 Å². The molecule has 36 heavy (non-hydrogen) atoms. The number of para-hydroxylation sites is 2. The Kier molecular flexibility index (Phi) is 6.36. The van der Waals surface area contributed by atoms with Crippen LogP contribution in [0, 0.1) is 13.8 Å². The monoisotopic (exact) mass is 497 g/mol. The van der Waals surface area contributed by atoms with E-state index >= 15 is 0 Å². The minimum absolute atomic E-state index is 0.136. The molecule has 0 saturated heterocycles. The van der Waals surface area contributed by atoms with Gasteiger partial charge in [0, 0.05) is 5.69 Å². The van der Waals surface area contributed by atoms with Gasteiger partial charge >= 0.3 is 0 Å². The quantitative estimate of drug-likeness (QED) is 0.313. The predicted molar refractivity (Wildman–Crippen MR) is 145 cm³/mol. The number of aromatic nitrogens is 4. The number of aryl methyl sites for hydroxylation is 2. The highest BCUT2D eigenvalue weighted by Crippen LogP contribution is 2.27. The van der Waals surface area contributed by atoms with Crippen molar-refractivity contribution in [3.05, 3.63) is 93.8 Å². The van der Waals surface area contributed by atoms with Crippen LogP contribution >= 0.6 is 11.8 Å². The molecular weight excluding hydrogens is 470 g/mol. The molecule has 5 rings (SSSR count). The van der Waals surface area contributed by atoms with Crippen molar-refractivity contribution in [1.29, 1.82) is 0 Å². The lowest BCUT2D eigenvalue weighted by molar-refractivity contribution is -0.113. The maximum Gasteiger partial charge on any atom is 0.267 e. The van der Waals surface area contributed by atoms with Crippen molar-refractivity contribution in [1.82, 2.24) is 19.2 Å². The largest absolute Gasteiger partial charge is 0.325 e. The highest BCUT2D eigenvalue weighted by atomic mass is 32.2. The number of carbonyl (C=O) groups excluding carboxylic acids is 1. The molecule has 5 aromatic rings. The number of hydrogen-bond donors (Lipinski definition) is 1. The van der Waals surface area contributed by atoms with E-state index in [0.717, 1.165) is 22.5 Å². The van der Waals surface area contributed by atoms with E-state index in [2.05, 4.69) is 29.4 Å². The number of benzene rings is 3. The Balaban J connectivity index is 1.57. The summed E-state index contributed by atoms with van der Waals surface area (Å²) in [6.45, 7) is 8.25. The Labute approximate surface area is 213 Å². The normalized spacial score (nSPS) is 11.5. The molecule has 182 valence electrons. The minimum Gasteiger partial charge on any atom is -0.325 e. The smallest absolute Gasteiger partial charge is 0.267 e. The molecule has 0 aliphatic heterocycles. The molecule has 0 aliphatic carbocycles. The zero-order valence-corrected chi connectivity index (χ0v) is 21.5. The summed E-state index contributed by atoms with van der Waals surface area (Å²) < 4.78 is 3.49. The van der Waals surface area contributed by atoms with E-state index < -0.39 is 0 Å². The Morgan fingerprint density at radius 2 is 1.72 bits per heavy atom. The molecule has 0 unspecified atom stereocenters. The van der Waals surface area contributed by atoms with Crippen LogP contribution in [0.1, 0.15) is 36.5 Å². The van der Waals surface area contributed by atoms with Crippen LogP contribution in [0.4, 0.5) is 5.69 Å². The first-order valence-corrected chi connectivity index (χ1v) is 12.8. The Morgan fingerprint density at radius 3 is 2.50 bits per heavy atom. The molecule has 0 atom stereocenters. The van der Waals surface area contributed by atoms with Gasteiger partial charge in [-0.05, 0) is 66.8 Å². The van der Waals surface area contributed by atoms with Gasteiger partial charge in [0.1, 0.15) is 0 Å². The second-order valence-electron chi connectivity index (χ2n) is 9.13. The lowest BCUT2D eigenvalue weighted by atomic mass is 10.0. The number of anilines is 1. The first-order valence-electron chi connectivity index (χ1n) is 11.8. The predicted octanol–water partition coefficient (Wildman–Crippen LogP) is 5.50. The maximum absolute atomic E-state index is 13.7. The lowest BCUT2D eigenvalue weighted by Gasteiger charge is -2.16. The van der Waals surface area contributed by atoms with E-state index in [0.29, 0.717) is 21.8 Å². The summed E-state index contributed by atoms with van der Waals surface area (Å²) in [6, 6.07) is 21.1. The average molecular weight is 498 g/mol. The minimum atomic E-state index is -0.150. The summed E-state index contributed by atoms with van der Waals surface area (Å²) >= 11 is 1.29. The van der Waals surface area contributed by atoms with Crippen LogP contribution in [-0.4, -0.2) is 30.8 Å². The zero-order valence-electron chi connectivity index (χ0n) is 20.6. The molecule has 2 heterocycles. The van der Waals surface area contributed by atoms with E-state index in [9.17, 15) is 9.59 Å². The third-order valence-corrected chi connectivity index (χ3v) is 7.25. The number of nitrogens with one attached hydrogen (secondary N) is 1. The van der Waals surface area contributed by atoms with Gasteiger partial charge in [-0.3, -0.25) is 14.0 Å². The Hall–Kier alpha value is -3.91. The van der Waals surface area contributed by atoms with E-state index in [1.165, 1.54) is 17.3 Å². The number of nitrogens with zero attached hydrogens (tertiary/aromatic N) is 4. The van der Waals surface area contributed by atoms with Crippen LogP contribution in [-0.2, 0) is 4.79 Å². The number of hydrogen-bond acceptors (Lipinski definition) is 5. The van der Waals surface area contributed by atoms with Crippen LogP contribution in [0.15, 0.2) is 76.7 Å². The number of thioether (sulfide) groups is 1. The maximum atomic E-state index is 13.7. The molecule has 0 spiro atoms. The van der Waals surface area contributed by atoms with Crippen molar-refractivity contribution in [2.24, 2.45) is 0 Å². The van der Waals surface area contributed by atoms with Crippen molar-refractivity contribution < 1.29 is 4.79 Å². The molecule has 0 saturated carbocycles. The topological polar surface area (TPSA) is 81.3 Å². The van der Waals surface area contributed by atoms with Gasteiger partial charge in [-0.15, -0.1) is 10.2 Å². The summed E-state index contributed by atoms with van der Waals surface area (Å²) in [5.74, 6) is 0.654. The molecule has 0 aliphatic rings. The molecule has 0 fully saturated rings. The summed E-state index contributed by atoms with van der Waals surface area (Å²) in [4.78, 5) is 26.4. The third kappa shape index (κ3) is 4.28. The molecule has 0 radical (unpaired) electrons. The number of carbonyl (C=O) groups is 1. The molecule has 1 amide bonds. The molecule has 7 nitrogen and oxygen atoms in total. The van der Waals surface area contributed by atoms with E-state index in [-0.39, 0.29) is 23.1 Å². The van der Waals surface area contributed by atoms with Gasteiger partial charge in [-0.2, -0.15) is 0 Å². The fourth-order valence-electron chi connectivity index (χ4n) is 4.32. The van der Waals surface area contributed by atoms with E-state index in [4.69, 9.17) is 0 Å². The molecule has 3 aromatic carbocycles. The highest BCUT2D eigenvalue weighted by molar-refractivity contribution is 7.99. The van der Waals surface area contributed by atoms with Crippen molar-refractivity contribution in [3.63, 3.8) is 0 Å². The molecule has 8 heteroatoms. The van der Waals surface area contributed by atoms with Gasteiger partial charge in [-0.25, -0.2) is 4.57 Å². The van der Waals surface area contributed by atoms with Crippen molar-refractivity contribution in [2.45, 2.75) is 38.8 Å². The highest BCUT2D eigenvalue weighted by Gasteiger charge is 2.20. The van der Waals surface area contributed by atoms with Crippen molar-refractivity contribution in [3.8, 4) is 5.69 Å². The number of rotatable bonds is 6. The standard InChI is InChI=1S/C28H27N5O2S/c1-17(2)21-9-5-7-11-23(21)32-26(35)22-10-6-8-12-24(22)33-27(32)30-31-28(33)36-16-25(34)29-20-14-13-18(3)19(4)15-20/h5-15,17H,16H2,1-4H3,(H,29,34). The molecule has 0 bridgehead atoms. The average Bonchev–Trinajstić information content (AvgIpc) is 3.29. The third-order valence-electron chi connectivity index (χ3n) is 6.32. The summed E-state index contributed by atoms with van der Waals surface area (Å²) in [6.07, 6.45) is 0. The Morgan fingerprint density at radius 1 is 0.972 bits per heavy atom. The second-order valence-corrected chi connectivity index (χ2v) is 10.1. The summed E-state index contributed by atoms with van der Waals surface area (Å²) in [7, 11) is 0. The molecular formula is C28H27N5O2S. The first kappa shape index (κ1) is 23.8. The van der Waals surface area contributed by atoms with Crippen molar-refractivity contribution in [2.75, 3.05) is 11.1 Å². The van der Waals surface area contributed by atoms with Gasteiger partial charge < -0.3 is 5.32 Å². The van der Waals surface area contributed by atoms with E-state index in [1.54, 1.807) is 4.57 Å². The van der Waals surface area contributed by atoms with Gasteiger partial charge in [0.15, 0.2) is 5.16 Å². The second kappa shape index (κ2) is 9.62.